The molecule has 148 valence electrons. The van der Waals surface area contributed by atoms with Crippen molar-refractivity contribution in [1.82, 2.24) is 3.97 Å². The van der Waals surface area contributed by atoms with Crippen LogP contribution < -0.4 is 4.31 Å². The second kappa shape index (κ2) is 6.75. The van der Waals surface area contributed by atoms with Crippen molar-refractivity contribution in [2.75, 3.05) is 16.8 Å². The summed E-state index contributed by atoms with van der Waals surface area (Å²) < 4.78 is 50.5. The van der Waals surface area contributed by atoms with Gasteiger partial charge >= 0.3 is 0 Å². The van der Waals surface area contributed by atoms with Crippen molar-refractivity contribution in [2.24, 2.45) is 5.92 Å². The van der Waals surface area contributed by atoms with E-state index in [0.717, 1.165) is 16.5 Å². The SMILES string of the molecule is CC(=O)c1c(C)n(S(C)(=O)=O)c2ccc(N(C(=O)C(C)C)S(C)(=O)=O)cc12. The molecule has 0 N–H and O–H groups in total. The lowest BCUT2D eigenvalue weighted by molar-refractivity contribution is -0.120. The number of carbonyl (C=O) groups is 2. The van der Waals surface area contributed by atoms with Crippen LogP contribution in [0.5, 0.6) is 0 Å². The Labute approximate surface area is 158 Å². The summed E-state index contributed by atoms with van der Waals surface area (Å²) >= 11 is 0. The van der Waals surface area contributed by atoms with Gasteiger partial charge in [0.15, 0.2) is 5.78 Å². The van der Waals surface area contributed by atoms with Crippen LogP contribution >= 0.6 is 0 Å². The van der Waals surface area contributed by atoms with Crippen molar-refractivity contribution in [1.29, 1.82) is 0 Å². The van der Waals surface area contributed by atoms with Crippen molar-refractivity contribution in [3.05, 3.63) is 29.5 Å². The van der Waals surface area contributed by atoms with Crippen LogP contribution in [0.15, 0.2) is 18.2 Å². The van der Waals surface area contributed by atoms with E-state index in [1.54, 1.807) is 13.8 Å². The number of rotatable bonds is 5. The summed E-state index contributed by atoms with van der Waals surface area (Å²) in [6, 6.07) is 4.12. The second-order valence-corrected chi connectivity index (χ2v) is 10.4. The number of ketones is 1. The quantitative estimate of drug-likeness (QED) is 0.691. The standard InChI is InChI=1S/C17H22N2O6S2/c1-10(2)17(21)19(27(6,24)25)13-7-8-15-14(9-13)16(12(4)20)11(3)18(15)26(5,22)23/h7-10H,1-6H3. The zero-order valence-corrected chi connectivity index (χ0v) is 17.6. The lowest BCUT2D eigenvalue weighted by Crippen LogP contribution is -2.38. The smallest absolute Gasteiger partial charge is 0.243 e. The third-order valence-corrected chi connectivity index (χ3v) is 6.27. The predicted molar refractivity (Wildman–Crippen MR) is 104 cm³/mol. The summed E-state index contributed by atoms with van der Waals surface area (Å²) in [7, 11) is -7.62. The van der Waals surface area contributed by atoms with Gasteiger partial charge in [0.2, 0.25) is 26.0 Å². The second-order valence-electron chi connectivity index (χ2n) is 6.77. The van der Waals surface area contributed by atoms with E-state index in [1.165, 1.54) is 32.0 Å². The molecular formula is C17H22N2O6S2. The van der Waals surface area contributed by atoms with Gasteiger partial charge in [0.1, 0.15) is 0 Å². The number of benzene rings is 1. The Morgan fingerprint density at radius 3 is 2.04 bits per heavy atom. The Bertz CT molecular complexity index is 1160. The zero-order chi connectivity index (χ0) is 20.9. The molecule has 0 aliphatic carbocycles. The van der Waals surface area contributed by atoms with Gasteiger partial charge in [-0.3, -0.25) is 9.59 Å². The van der Waals surface area contributed by atoms with Crippen molar-refractivity contribution in [3.8, 4) is 0 Å². The van der Waals surface area contributed by atoms with Crippen LogP contribution in [-0.2, 0) is 24.8 Å². The molecule has 10 heteroatoms. The highest BCUT2D eigenvalue weighted by atomic mass is 32.2. The molecule has 8 nitrogen and oxygen atoms in total. The maximum Gasteiger partial charge on any atom is 0.243 e. The van der Waals surface area contributed by atoms with Crippen LogP contribution in [0.2, 0.25) is 0 Å². The fourth-order valence-electron chi connectivity index (χ4n) is 3.09. The minimum Gasteiger partial charge on any atom is -0.294 e. The molecular weight excluding hydrogens is 392 g/mol. The first-order valence-corrected chi connectivity index (χ1v) is 11.8. The number of hydrogen-bond acceptors (Lipinski definition) is 6. The molecule has 0 radical (unpaired) electrons. The summed E-state index contributed by atoms with van der Waals surface area (Å²) in [6.45, 7) is 5.95. The highest BCUT2D eigenvalue weighted by molar-refractivity contribution is 7.92. The Hall–Kier alpha value is -2.20. The van der Waals surface area contributed by atoms with Crippen LogP contribution in [0.25, 0.3) is 10.9 Å². The highest BCUT2D eigenvalue weighted by Gasteiger charge is 2.29. The normalized spacial score (nSPS) is 12.6. The largest absolute Gasteiger partial charge is 0.294 e. The van der Waals surface area contributed by atoms with E-state index < -0.39 is 31.9 Å². The molecule has 1 heterocycles. The van der Waals surface area contributed by atoms with Gasteiger partial charge in [-0.25, -0.2) is 25.1 Å². The molecule has 0 saturated heterocycles. The molecule has 27 heavy (non-hydrogen) atoms. The number of hydrogen-bond donors (Lipinski definition) is 0. The maximum atomic E-state index is 12.5. The molecule has 0 atom stereocenters. The molecule has 1 aromatic carbocycles. The predicted octanol–water partition coefficient (Wildman–Crippen LogP) is 1.91. The number of fused-ring (bicyclic) bond motifs is 1. The lowest BCUT2D eigenvalue weighted by Gasteiger charge is -2.22. The van der Waals surface area contributed by atoms with E-state index in [9.17, 15) is 26.4 Å². The summed E-state index contributed by atoms with van der Waals surface area (Å²) in [4.78, 5) is 24.6. The number of sulfonamides is 1. The van der Waals surface area contributed by atoms with Gasteiger partial charge < -0.3 is 0 Å². The first-order valence-electron chi connectivity index (χ1n) is 8.08. The number of aromatic nitrogens is 1. The molecule has 0 unspecified atom stereocenters. The van der Waals surface area contributed by atoms with E-state index in [4.69, 9.17) is 0 Å². The van der Waals surface area contributed by atoms with Crippen molar-refractivity contribution in [2.45, 2.75) is 27.7 Å². The monoisotopic (exact) mass is 414 g/mol. The van der Waals surface area contributed by atoms with Gasteiger partial charge in [0.25, 0.3) is 0 Å². The molecule has 2 aromatic rings. The number of amides is 1. The third kappa shape index (κ3) is 3.77. The molecule has 0 saturated carbocycles. The van der Waals surface area contributed by atoms with E-state index in [2.05, 4.69) is 0 Å². The van der Waals surface area contributed by atoms with Crippen molar-refractivity contribution < 1.29 is 26.4 Å². The fraction of sp³-hybridized carbons (Fsp3) is 0.412. The van der Waals surface area contributed by atoms with Gasteiger partial charge in [-0.05, 0) is 32.0 Å². The molecule has 0 fully saturated rings. The van der Waals surface area contributed by atoms with Crippen molar-refractivity contribution >= 4 is 48.3 Å². The zero-order valence-electron chi connectivity index (χ0n) is 16.0. The fourth-order valence-corrected chi connectivity index (χ4v) is 5.23. The lowest BCUT2D eigenvalue weighted by atomic mass is 10.1. The first-order chi connectivity index (χ1) is 12.2. The Kier molecular flexibility index (Phi) is 5.28. The number of nitrogens with zero attached hydrogens (tertiary/aromatic N) is 2. The van der Waals surface area contributed by atoms with Crippen LogP contribution in [0, 0.1) is 12.8 Å². The van der Waals surface area contributed by atoms with Crippen molar-refractivity contribution in [3.63, 3.8) is 0 Å². The Morgan fingerprint density at radius 2 is 1.63 bits per heavy atom. The molecule has 1 amide bonds. The topological polar surface area (TPSA) is 111 Å². The molecule has 0 spiro atoms. The molecule has 0 aliphatic rings. The van der Waals surface area contributed by atoms with Gasteiger partial charge in [-0.1, -0.05) is 13.8 Å². The Morgan fingerprint density at radius 1 is 1.07 bits per heavy atom. The maximum absolute atomic E-state index is 12.5. The Balaban J connectivity index is 2.93. The van der Waals surface area contributed by atoms with E-state index >= 15 is 0 Å². The van der Waals surface area contributed by atoms with Gasteiger partial charge in [0, 0.05) is 22.6 Å². The van der Waals surface area contributed by atoms with Gasteiger partial charge in [-0.2, -0.15) is 0 Å². The summed E-state index contributed by atoms with van der Waals surface area (Å²) in [5, 5.41) is 0.271. The van der Waals surface area contributed by atoms with E-state index in [-0.39, 0.29) is 33.6 Å². The molecule has 1 aromatic heterocycles. The summed E-state index contributed by atoms with van der Waals surface area (Å²) in [6.07, 6.45) is 1.93. The van der Waals surface area contributed by atoms with E-state index in [1.807, 2.05) is 0 Å². The summed E-state index contributed by atoms with van der Waals surface area (Å²) in [5.41, 5.74) is 0.701. The highest BCUT2D eigenvalue weighted by Crippen LogP contribution is 2.32. The number of Topliss-reactive ketones (excluding diaryl/α,β-unsaturated/α-hetero) is 1. The van der Waals surface area contributed by atoms with Gasteiger partial charge in [0.05, 0.1) is 23.7 Å². The molecule has 2 rings (SSSR count). The van der Waals surface area contributed by atoms with Crippen LogP contribution in [-0.4, -0.2) is 45.0 Å². The number of anilines is 1. The third-order valence-electron chi connectivity index (χ3n) is 4.08. The molecule has 0 bridgehead atoms. The minimum atomic E-state index is -3.92. The average Bonchev–Trinajstić information content (AvgIpc) is 2.76. The average molecular weight is 415 g/mol. The van der Waals surface area contributed by atoms with Crippen LogP contribution in [0.4, 0.5) is 5.69 Å². The first kappa shape index (κ1) is 21.1. The van der Waals surface area contributed by atoms with E-state index in [0.29, 0.717) is 4.31 Å². The minimum absolute atomic E-state index is 0.0526. The van der Waals surface area contributed by atoms with Gasteiger partial charge in [-0.15, -0.1) is 0 Å². The summed E-state index contributed by atoms with van der Waals surface area (Å²) in [5.74, 6) is -1.57. The van der Waals surface area contributed by atoms with Crippen LogP contribution in [0.1, 0.15) is 36.8 Å². The number of carbonyl (C=O) groups excluding carboxylic acids is 2. The molecule has 0 aliphatic heterocycles. The van der Waals surface area contributed by atoms with Crippen LogP contribution in [0.3, 0.4) is 0 Å².